The number of carbonyl (C=O) groups excluding carboxylic acids is 1. The Labute approximate surface area is 212 Å². The summed E-state index contributed by atoms with van der Waals surface area (Å²) in [5.74, 6) is -0.521. The van der Waals surface area contributed by atoms with Crippen LogP contribution in [0.25, 0.3) is 16.5 Å². The molecule has 178 valence electrons. The van der Waals surface area contributed by atoms with Gasteiger partial charge in [0, 0.05) is 21.3 Å². The van der Waals surface area contributed by atoms with Crippen LogP contribution in [0.4, 0.5) is 5.69 Å². The van der Waals surface area contributed by atoms with Gasteiger partial charge in [-0.2, -0.15) is 10.1 Å². The van der Waals surface area contributed by atoms with Gasteiger partial charge in [0.1, 0.15) is 0 Å². The van der Waals surface area contributed by atoms with Crippen LogP contribution in [-0.2, 0) is 11.3 Å². The smallest absolute Gasteiger partial charge is 0.335 e. The summed E-state index contributed by atoms with van der Waals surface area (Å²) in [4.78, 5) is 26.4. The number of hydrogen-bond acceptors (Lipinski definition) is 5. The Kier molecular flexibility index (Phi) is 6.56. The molecule has 0 radical (unpaired) electrons. The highest BCUT2D eigenvalue weighted by Gasteiger charge is 2.29. The molecule has 1 fully saturated rings. The number of halogens is 1. The zero-order chi connectivity index (χ0) is 24.5. The van der Waals surface area contributed by atoms with Crippen LogP contribution in [0.1, 0.15) is 40.6 Å². The van der Waals surface area contributed by atoms with Crippen LogP contribution in [0.15, 0.2) is 65.3 Å². The number of benzene rings is 2. The first-order valence-electron chi connectivity index (χ1n) is 11.4. The van der Waals surface area contributed by atoms with Crippen molar-refractivity contribution in [2.24, 2.45) is 11.0 Å². The van der Waals surface area contributed by atoms with Gasteiger partial charge in [0.2, 0.25) is 0 Å². The Balaban J connectivity index is 1.34. The van der Waals surface area contributed by atoms with Crippen molar-refractivity contribution in [3.05, 3.63) is 81.2 Å². The second-order valence-electron chi connectivity index (χ2n) is 8.80. The van der Waals surface area contributed by atoms with Crippen LogP contribution in [0.5, 0.6) is 0 Å². The lowest BCUT2D eigenvalue weighted by atomic mass is 10.1. The van der Waals surface area contributed by atoms with Crippen molar-refractivity contribution in [3.8, 4) is 10.4 Å². The van der Waals surface area contributed by atoms with Crippen LogP contribution < -0.4 is 10.3 Å². The molecule has 2 N–H and O–H groups in total. The second-order valence-corrected chi connectivity index (χ2v) is 10.3. The van der Waals surface area contributed by atoms with Gasteiger partial charge in [-0.3, -0.25) is 4.79 Å². The van der Waals surface area contributed by atoms with Crippen LogP contribution in [0, 0.1) is 5.92 Å². The van der Waals surface area contributed by atoms with Crippen molar-refractivity contribution in [3.63, 3.8) is 0 Å². The number of carbonyl (C=O) groups is 2. The van der Waals surface area contributed by atoms with Crippen molar-refractivity contribution in [2.75, 3.05) is 11.6 Å². The number of nitrogens with zero attached hydrogens (tertiary/aromatic N) is 2. The molecule has 0 unspecified atom stereocenters. The Morgan fingerprint density at radius 2 is 2.06 bits per heavy atom. The van der Waals surface area contributed by atoms with E-state index in [0.29, 0.717) is 17.0 Å². The SMILES string of the molecule is CC1=NN(c2cccc(C(=O)O)c2)C(=O)/C1=C\c1ccc(-c2ccc(Cl)c(CNCC3CC3)c2)s1. The van der Waals surface area contributed by atoms with E-state index >= 15 is 0 Å². The maximum atomic E-state index is 13.1. The van der Waals surface area contributed by atoms with Gasteiger partial charge in [0.05, 0.1) is 22.5 Å². The minimum atomic E-state index is -1.05. The van der Waals surface area contributed by atoms with E-state index in [9.17, 15) is 14.7 Å². The van der Waals surface area contributed by atoms with E-state index in [0.717, 1.165) is 44.9 Å². The van der Waals surface area contributed by atoms with Crippen LogP contribution in [0.3, 0.4) is 0 Å². The Morgan fingerprint density at radius 3 is 2.83 bits per heavy atom. The van der Waals surface area contributed by atoms with E-state index in [1.807, 2.05) is 30.3 Å². The zero-order valence-electron chi connectivity index (χ0n) is 19.1. The Morgan fingerprint density at radius 1 is 1.23 bits per heavy atom. The standard InChI is InChI=1S/C27H24ClN3O3S/c1-16-23(26(32)31(30-16)21-4-2-3-19(12-21)27(33)34)13-22-8-10-25(35-22)18-7-9-24(28)20(11-18)15-29-14-17-5-6-17/h2-4,7-13,17,29H,5-6,14-15H2,1H3,(H,33,34)/b23-13-. The number of hydrazone groups is 1. The van der Waals surface area contributed by atoms with Gasteiger partial charge >= 0.3 is 5.97 Å². The number of aromatic carboxylic acids is 1. The molecule has 5 rings (SSSR count). The van der Waals surface area contributed by atoms with Gasteiger partial charge in [0.25, 0.3) is 5.91 Å². The fourth-order valence-corrected chi connectivity index (χ4v) is 5.09. The molecule has 0 spiro atoms. The van der Waals surface area contributed by atoms with Crippen molar-refractivity contribution in [2.45, 2.75) is 26.3 Å². The molecule has 8 heteroatoms. The topological polar surface area (TPSA) is 82.0 Å². The minimum Gasteiger partial charge on any atom is -0.478 e. The molecule has 0 saturated heterocycles. The van der Waals surface area contributed by atoms with E-state index in [-0.39, 0.29) is 11.5 Å². The largest absolute Gasteiger partial charge is 0.478 e. The molecule has 6 nitrogen and oxygen atoms in total. The molecule has 35 heavy (non-hydrogen) atoms. The summed E-state index contributed by atoms with van der Waals surface area (Å²) >= 11 is 8.01. The van der Waals surface area contributed by atoms with Gasteiger partial charge in [-0.15, -0.1) is 11.3 Å². The highest BCUT2D eigenvalue weighted by molar-refractivity contribution is 7.16. The summed E-state index contributed by atoms with van der Waals surface area (Å²) in [7, 11) is 0. The third-order valence-corrected chi connectivity index (χ3v) is 7.54. The number of rotatable bonds is 8. The first-order chi connectivity index (χ1) is 16.9. The summed E-state index contributed by atoms with van der Waals surface area (Å²) in [5.41, 5.74) is 3.76. The van der Waals surface area contributed by atoms with E-state index in [4.69, 9.17) is 11.6 Å². The van der Waals surface area contributed by atoms with Crippen molar-refractivity contribution in [1.82, 2.24) is 5.32 Å². The molecule has 1 aliphatic carbocycles. The second kappa shape index (κ2) is 9.77. The molecule has 2 aromatic carbocycles. The number of hydrogen-bond donors (Lipinski definition) is 2. The predicted molar refractivity (Wildman–Crippen MR) is 141 cm³/mol. The number of carboxylic acid groups (broad SMARTS) is 1. The lowest BCUT2D eigenvalue weighted by Crippen LogP contribution is -2.21. The molecule has 1 aromatic heterocycles. The number of carboxylic acids is 1. The monoisotopic (exact) mass is 505 g/mol. The summed E-state index contributed by atoms with van der Waals surface area (Å²) in [6.07, 6.45) is 4.46. The number of thiophene rings is 1. The molecule has 1 saturated carbocycles. The van der Waals surface area contributed by atoms with Gasteiger partial charge in [-0.25, -0.2) is 4.79 Å². The van der Waals surface area contributed by atoms with Gasteiger partial charge in [-0.05, 0) is 91.9 Å². The molecule has 2 aliphatic rings. The first kappa shape index (κ1) is 23.5. The van der Waals surface area contributed by atoms with Crippen LogP contribution in [0.2, 0.25) is 5.02 Å². The Bertz CT molecular complexity index is 1370. The minimum absolute atomic E-state index is 0.105. The highest BCUT2D eigenvalue weighted by Crippen LogP contribution is 2.34. The third kappa shape index (κ3) is 5.22. The average molecular weight is 506 g/mol. The molecular weight excluding hydrogens is 482 g/mol. The maximum absolute atomic E-state index is 13.1. The number of anilines is 1. The average Bonchev–Trinajstić information content (AvgIpc) is 3.48. The maximum Gasteiger partial charge on any atom is 0.335 e. The van der Waals surface area contributed by atoms with E-state index in [2.05, 4.69) is 16.5 Å². The lowest BCUT2D eigenvalue weighted by Gasteiger charge is -2.12. The first-order valence-corrected chi connectivity index (χ1v) is 12.6. The third-order valence-electron chi connectivity index (χ3n) is 6.09. The van der Waals surface area contributed by atoms with Gasteiger partial charge < -0.3 is 10.4 Å². The Hall–Kier alpha value is -3.26. The van der Waals surface area contributed by atoms with E-state index in [1.54, 1.807) is 30.4 Å². The van der Waals surface area contributed by atoms with E-state index in [1.165, 1.54) is 30.0 Å². The van der Waals surface area contributed by atoms with Crippen LogP contribution >= 0.6 is 22.9 Å². The van der Waals surface area contributed by atoms with Gasteiger partial charge in [0.15, 0.2) is 0 Å². The zero-order valence-corrected chi connectivity index (χ0v) is 20.7. The molecule has 2 heterocycles. The molecule has 1 amide bonds. The molecule has 0 bridgehead atoms. The molecule has 3 aromatic rings. The molecular formula is C27H24ClN3O3S. The summed E-state index contributed by atoms with van der Waals surface area (Å²) < 4.78 is 0. The lowest BCUT2D eigenvalue weighted by molar-refractivity contribution is -0.114. The summed E-state index contributed by atoms with van der Waals surface area (Å²) in [5, 5.41) is 19.1. The van der Waals surface area contributed by atoms with Crippen molar-refractivity contribution < 1.29 is 14.7 Å². The van der Waals surface area contributed by atoms with Crippen molar-refractivity contribution >= 4 is 52.3 Å². The molecule has 0 atom stereocenters. The van der Waals surface area contributed by atoms with Gasteiger partial charge in [-0.1, -0.05) is 23.7 Å². The normalized spacial score (nSPS) is 16.7. The molecule has 1 aliphatic heterocycles. The van der Waals surface area contributed by atoms with E-state index < -0.39 is 5.97 Å². The van der Waals surface area contributed by atoms with Crippen LogP contribution in [-0.4, -0.2) is 29.2 Å². The summed E-state index contributed by atoms with van der Waals surface area (Å²) in [6, 6.07) is 16.3. The quantitative estimate of drug-likeness (QED) is 0.364. The fraction of sp³-hybridized carbons (Fsp3) is 0.222. The van der Waals surface area contributed by atoms with Crippen molar-refractivity contribution in [1.29, 1.82) is 0 Å². The predicted octanol–water partition coefficient (Wildman–Crippen LogP) is 6.07. The summed E-state index contributed by atoms with van der Waals surface area (Å²) in [6.45, 7) is 3.55. The number of nitrogens with one attached hydrogen (secondary N) is 1. The number of amides is 1. The highest BCUT2D eigenvalue weighted by atomic mass is 35.5. The fourth-order valence-electron chi connectivity index (χ4n) is 3.95.